The van der Waals surface area contributed by atoms with Crippen LogP contribution in [-0.4, -0.2) is 26.9 Å². The van der Waals surface area contributed by atoms with Crippen LogP contribution in [0.15, 0.2) is 12.1 Å². The fraction of sp³-hybridized carbons (Fsp3) is 0.333. The van der Waals surface area contributed by atoms with Crippen molar-refractivity contribution in [3.63, 3.8) is 0 Å². The molecule has 0 aliphatic rings. The van der Waals surface area contributed by atoms with Gasteiger partial charge in [-0.25, -0.2) is 8.42 Å². The number of benzene rings is 1. The summed E-state index contributed by atoms with van der Waals surface area (Å²) in [5.41, 5.74) is 0.842. The lowest BCUT2D eigenvalue weighted by atomic mass is 10.2. The number of rotatable bonds is 3. The highest BCUT2D eigenvalue weighted by Gasteiger charge is 2.10. The van der Waals surface area contributed by atoms with E-state index in [0.29, 0.717) is 5.75 Å². The van der Waals surface area contributed by atoms with Gasteiger partial charge in [0.25, 0.3) is 0 Å². The Balaban J connectivity index is 3.19. The number of methoxy groups -OCH3 is 1. The molecule has 0 amide bonds. The molecular weight excluding hydrogens is 218 g/mol. The lowest BCUT2D eigenvalue weighted by Crippen LogP contribution is -2.09. The van der Waals surface area contributed by atoms with E-state index in [1.54, 1.807) is 6.92 Å². The summed E-state index contributed by atoms with van der Waals surface area (Å²) in [4.78, 5) is 0. The second-order valence-corrected chi connectivity index (χ2v) is 4.96. The average Bonchev–Trinajstić information content (AvgIpc) is 2.07. The number of hydrogen-bond donors (Lipinski definition) is 2. The number of ether oxygens (including phenoxy) is 1. The van der Waals surface area contributed by atoms with Crippen LogP contribution in [0.5, 0.6) is 11.5 Å². The summed E-state index contributed by atoms with van der Waals surface area (Å²) in [5.74, 6) is 0.387. The molecule has 0 atom stereocenters. The first-order valence-electron chi connectivity index (χ1n) is 4.19. The third-order valence-electron chi connectivity index (χ3n) is 1.81. The summed E-state index contributed by atoms with van der Waals surface area (Å²) in [7, 11) is -1.93. The minimum atomic E-state index is -3.40. The third-order valence-corrected chi connectivity index (χ3v) is 2.40. The molecule has 0 aliphatic carbocycles. The van der Waals surface area contributed by atoms with E-state index in [2.05, 4.69) is 4.72 Å². The molecule has 0 saturated carbocycles. The van der Waals surface area contributed by atoms with Gasteiger partial charge in [0.2, 0.25) is 10.0 Å². The molecule has 0 heterocycles. The minimum absolute atomic E-state index is 0.111. The monoisotopic (exact) mass is 231 g/mol. The van der Waals surface area contributed by atoms with Crippen LogP contribution in [-0.2, 0) is 10.0 Å². The Bertz CT molecular complexity index is 467. The molecule has 1 aromatic carbocycles. The van der Waals surface area contributed by atoms with Gasteiger partial charge in [-0.15, -0.1) is 0 Å². The molecule has 0 saturated heterocycles. The minimum Gasteiger partial charge on any atom is -0.506 e. The van der Waals surface area contributed by atoms with Crippen LogP contribution in [0.25, 0.3) is 0 Å². The van der Waals surface area contributed by atoms with Gasteiger partial charge in [-0.3, -0.25) is 4.72 Å². The van der Waals surface area contributed by atoms with E-state index in [0.717, 1.165) is 11.8 Å². The van der Waals surface area contributed by atoms with Crippen molar-refractivity contribution < 1.29 is 18.3 Å². The van der Waals surface area contributed by atoms with E-state index in [1.807, 2.05) is 0 Å². The Labute approximate surface area is 88.7 Å². The van der Waals surface area contributed by atoms with Crippen molar-refractivity contribution in [1.29, 1.82) is 0 Å². The molecule has 15 heavy (non-hydrogen) atoms. The number of anilines is 1. The van der Waals surface area contributed by atoms with Crippen LogP contribution in [0.3, 0.4) is 0 Å². The van der Waals surface area contributed by atoms with Crippen molar-refractivity contribution >= 4 is 15.7 Å². The van der Waals surface area contributed by atoms with Crippen molar-refractivity contribution in [3.05, 3.63) is 17.7 Å². The molecule has 1 rings (SSSR count). The van der Waals surface area contributed by atoms with Crippen molar-refractivity contribution in [2.24, 2.45) is 0 Å². The Morgan fingerprint density at radius 2 is 2.00 bits per heavy atom. The van der Waals surface area contributed by atoms with Crippen molar-refractivity contribution in [1.82, 2.24) is 0 Å². The fourth-order valence-electron chi connectivity index (χ4n) is 1.17. The normalized spacial score (nSPS) is 11.1. The van der Waals surface area contributed by atoms with Crippen LogP contribution in [0.4, 0.5) is 5.69 Å². The third kappa shape index (κ3) is 3.02. The van der Waals surface area contributed by atoms with E-state index in [-0.39, 0.29) is 11.4 Å². The predicted molar refractivity (Wildman–Crippen MR) is 57.9 cm³/mol. The zero-order valence-electron chi connectivity index (χ0n) is 8.73. The fourth-order valence-corrected chi connectivity index (χ4v) is 1.74. The van der Waals surface area contributed by atoms with Crippen molar-refractivity contribution in [2.45, 2.75) is 6.92 Å². The summed E-state index contributed by atoms with van der Waals surface area (Å²) in [5, 5.41) is 9.49. The Morgan fingerprint density at radius 3 is 2.47 bits per heavy atom. The summed E-state index contributed by atoms with van der Waals surface area (Å²) >= 11 is 0. The topological polar surface area (TPSA) is 75.6 Å². The first-order chi connectivity index (χ1) is 6.83. The highest BCUT2D eigenvalue weighted by molar-refractivity contribution is 7.92. The molecule has 0 aliphatic heterocycles. The van der Waals surface area contributed by atoms with Gasteiger partial charge >= 0.3 is 0 Å². The van der Waals surface area contributed by atoms with Gasteiger partial charge in [0.1, 0.15) is 11.5 Å². The molecule has 0 fully saturated rings. The molecule has 0 bridgehead atoms. The lowest BCUT2D eigenvalue weighted by Gasteiger charge is -2.10. The molecule has 1 aromatic rings. The molecule has 5 nitrogen and oxygen atoms in total. The summed E-state index contributed by atoms with van der Waals surface area (Å²) < 4.78 is 29.2. The number of aromatic hydroxyl groups is 1. The number of nitrogens with one attached hydrogen (secondary N) is 1. The van der Waals surface area contributed by atoms with Crippen LogP contribution in [0, 0.1) is 6.92 Å². The zero-order valence-corrected chi connectivity index (χ0v) is 9.55. The average molecular weight is 231 g/mol. The Hall–Kier alpha value is -1.43. The molecule has 0 radical (unpaired) electrons. The van der Waals surface area contributed by atoms with Gasteiger partial charge in [-0.1, -0.05) is 0 Å². The molecule has 84 valence electrons. The second kappa shape index (κ2) is 3.98. The molecule has 0 spiro atoms. The van der Waals surface area contributed by atoms with Crippen LogP contribution in [0.2, 0.25) is 0 Å². The largest absolute Gasteiger partial charge is 0.506 e. The van der Waals surface area contributed by atoms with Crippen molar-refractivity contribution in [3.8, 4) is 11.5 Å². The smallest absolute Gasteiger partial charge is 0.229 e. The maximum atomic E-state index is 11.0. The molecule has 6 heteroatoms. The van der Waals surface area contributed by atoms with Crippen molar-refractivity contribution in [2.75, 3.05) is 18.1 Å². The van der Waals surface area contributed by atoms with E-state index < -0.39 is 10.0 Å². The molecular formula is C9H13NO4S. The molecule has 0 unspecified atom stereocenters. The van der Waals surface area contributed by atoms with E-state index >= 15 is 0 Å². The Morgan fingerprint density at radius 1 is 1.40 bits per heavy atom. The van der Waals surface area contributed by atoms with Gasteiger partial charge in [0, 0.05) is 6.07 Å². The maximum absolute atomic E-state index is 11.0. The summed E-state index contributed by atoms with van der Waals surface area (Å²) in [6, 6.07) is 2.87. The van der Waals surface area contributed by atoms with Gasteiger partial charge < -0.3 is 9.84 Å². The molecule has 2 N–H and O–H groups in total. The highest BCUT2D eigenvalue weighted by atomic mass is 32.2. The summed E-state index contributed by atoms with van der Waals surface area (Å²) in [6.07, 6.45) is 1.01. The first kappa shape index (κ1) is 11.6. The van der Waals surface area contributed by atoms with E-state index in [9.17, 15) is 13.5 Å². The number of sulfonamides is 1. The SMILES string of the molecule is COc1cc(NS(C)(=O)=O)c(O)cc1C. The maximum Gasteiger partial charge on any atom is 0.229 e. The first-order valence-corrected chi connectivity index (χ1v) is 6.08. The number of phenols is 1. The number of phenolic OH excluding ortho intramolecular Hbond substituents is 1. The van der Waals surface area contributed by atoms with E-state index in [4.69, 9.17) is 4.74 Å². The molecule has 0 aromatic heterocycles. The summed E-state index contributed by atoms with van der Waals surface area (Å²) in [6.45, 7) is 1.75. The predicted octanol–water partition coefficient (Wildman–Crippen LogP) is 1.08. The quantitative estimate of drug-likeness (QED) is 0.763. The number of aryl methyl sites for hydroxylation is 1. The standard InChI is InChI=1S/C9H13NO4S/c1-6-4-8(11)7(5-9(6)14-2)10-15(3,12)13/h4-5,10-11H,1-3H3. The van der Waals surface area contributed by atoms with Gasteiger partial charge in [-0.05, 0) is 18.6 Å². The highest BCUT2D eigenvalue weighted by Crippen LogP contribution is 2.31. The lowest BCUT2D eigenvalue weighted by molar-refractivity contribution is 0.409. The van der Waals surface area contributed by atoms with Gasteiger partial charge in [0.05, 0.1) is 19.1 Å². The Kier molecular flexibility index (Phi) is 3.09. The van der Waals surface area contributed by atoms with Gasteiger partial charge in [0.15, 0.2) is 0 Å². The van der Waals surface area contributed by atoms with Gasteiger partial charge in [-0.2, -0.15) is 0 Å². The second-order valence-electron chi connectivity index (χ2n) is 3.21. The van der Waals surface area contributed by atoms with Crippen LogP contribution < -0.4 is 9.46 Å². The van der Waals surface area contributed by atoms with E-state index in [1.165, 1.54) is 19.2 Å². The zero-order chi connectivity index (χ0) is 11.6. The van der Waals surface area contributed by atoms with Crippen LogP contribution in [0.1, 0.15) is 5.56 Å². The van der Waals surface area contributed by atoms with Crippen LogP contribution >= 0.6 is 0 Å². The number of hydrogen-bond acceptors (Lipinski definition) is 4.